The van der Waals surface area contributed by atoms with Gasteiger partial charge in [-0.05, 0) is 61.2 Å². The largest absolute Gasteiger partial charge is 0.341 e. The second-order valence-electron chi connectivity index (χ2n) is 6.46. The number of fused-ring (bicyclic) bond motifs is 3. The van der Waals surface area contributed by atoms with Gasteiger partial charge in [0.15, 0.2) is 0 Å². The molecule has 2 nitrogen and oxygen atoms in total. The smallest absolute Gasteiger partial charge is 0.205 e. The van der Waals surface area contributed by atoms with Gasteiger partial charge in [-0.2, -0.15) is 0 Å². The van der Waals surface area contributed by atoms with Crippen molar-refractivity contribution in [3.63, 3.8) is 0 Å². The average molecular weight is 319 g/mol. The fourth-order valence-corrected chi connectivity index (χ4v) is 3.60. The predicted molar refractivity (Wildman–Crippen MR) is 94.7 cm³/mol. The van der Waals surface area contributed by atoms with E-state index >= 15 is 0 Å². The maximum Gasteiger partial charge on any atom is 0.205 e. The molecule has 1 aliphatic carbocycles. The number of aromatic nitrogens is 1. The van der Waals surface area contributed by atoms with E-state index in [9.17, 15) is 9.18 Å². The lowest BCUT2D eigenvalue weighted by molar-refractivity contribution is 0.101. The SMILES string of the molecule is Cc1ccc2c(c1)c1c(n2C)C(=O)/C(=C\c2ccc(F)cc2)CC1. The number of carbonyl (C=O) groups excluding carboxylic acids is 1. The van der Waals surface area contributed by atoms with Crippen LogP contribution < -0.4 is 0 Å². The summed E-state index contributed by atoms with van der Waals surface area (Å²) < 4.78 is 15.1. The summed E-state index contributed by atoms with van der Waals surface area (Å²) in [4.78, 5) is 13.0. The molecule has 0 atom stereocenters. The maximum absolute atomic E-state index is 13.1. The lowest BCUT2D eigenvalue weighted by Gasteiger charge is -2.16. The van der Waals surface area contributed by atoms with E-state index in [2.05, 4.69) is 25.1 Å². The number of carbonyl (C=O) groups is 1. The number of halogens is 1. The molecule has 0 fully saturated rings. The minimum absolute atomic E-state index is 0.0805. The predicted octanol–water partition coefficient (Wildman–Crippen LogP) is 4.84. The van der Waals surface area contributed by atoms with Gasteiger partial charge in [0.25, 0.3) is 0 Å². The van der Waals surface area contributed by atoms with Crippen LogP contribution in [0.25, 0.3) is 17.0 Å². The quantitative estimate of drug-likeness (QED) is 0.588. The highest BCUT2D eigenvalue weighted by atomic mass is 19.1. The fraction of sp³-hybridized carbons (Fsp3) is 0.190. The third-order valence-electron chi connectivity index (χ3n) is 4.82. The molecule has 0 saturated heterocycles. The van der Waals surface area contributed by atoms with Gasteiger partial charge < -0.3 is 4.57 Å². The molecule has 4 rings (SSSR count). The molecular weight excluding hydrogens is 301 g/mol. The third kappa shape index (κ3) is 2.28. The van der Waals surface area contributed by atoms with E-state index < -0.39 is 0 Å². The molecule has 3 aromatic rings. The standard InChI is InChI=1S/C21H18FNO/c1-13-3-10-19-18(11-13)17-9-6-15(21(24)20(17)23(19)2)12-14-4-7-16(22)8-5-14/h3-5,7-8,10-12H,6,9H2,1-2H3/b15-12-. The van der Waals surface area contributed by atoms with E-state index in [-0.39, 0.29) is 11.6 Å². The Morgan fingerprint density at radius 3 is 2.58 bits per heavy atom. The minimum Gasteiger partial charge on any atom is -0.341 e. The van der Waals surface area contributed by atoms with Crippen molar-refractivity contribution >= 4 is 22.8 Å². The fourth-order valence-electron chi connectivity index (χ4n) is 3.60. The number of nitrogens with zero attached hydrogens (tertiary/aromatic N) is 1. The first-order valence-corrected chi connectivity index (χ1v) is 8.13. The maximum atomic E-state index is 13.1. The zero-order valence-corrected chi connectivity index (χ0v) is 13.8. The number of allylic oxidation sites excluding steroid dienone is 1. The number of ketones is 1. The number of hydrogen-bond donors (Lipinski definition) is 0. The highest BCUT2D eigenvalue weighted by molar-refractivity contribution is 6.15. The van der Waals surface area contributed by atoms with Crippen LogP contribution in [0.3, 0.4) is 0 Å². The van der Waals surface area contributed by atoms with Crippen molar-refractivity contribution in [2.24, 2.45) is 7.05 Å². The lowest BCUT2D eigenvalue weighted by atomic mass is 9.89. The van der Waals surface area contributed by atoms with Gasteiger partial charge in [-0.3, -0.25) is 4.79 Å². The van der Waals surface area contributed by atoms with E-state index in [4.69, 9.17) is 0 Å². The average Bonchev–Trinajstić information content (AvgIpc) is 2.85. The molecule has 2 aromatic carbocycles. The number of hydrogen-bond acceptors (Lipinski definition) is 1. The van der Waals surface area contributed by atoms with Gasteiger partial charge in [-0.1, -0.05) is 23.8 Å². The van der Waals surface area contributed by atoms with E-state index in [0.29, 0.717) is 0 Å². The highest BCUT2D eigenvalue weighted by Crippen LogP contribution is 2.34. The van der Waals surface area contributed by atoms with Gasteiger partial charge in [-0.15, -0.1) is 0 Å². The van der Waals surface area contributed by atoms with Gasteiger partial charge in [0.1, 0.15) is 5.82 Å². The van der Waals surface area contributed by atoms with E-state index in [1.807, 2.05) is 17.7 Å². The topological polar surface area (TPSA) is 22.0 Å². The number of benzene rings is 2. The molecular formula is C21H18FNO. The summed E-state index contributed by atoms with van der Waals surface area (Å²) in [6, 6.07) is 12.6. The summed E-state index contributed by atoms with van der Waals surface area (Å²) in [5.41, 5.74) is 5.89. The molecule has 0 N–H and O–H groups in total. The van der Waals surface area contributed by atoms with Crippen molar-refractivity contribution in [3.8, 4) is 0 Å². The zero-order valence-electron chi connectivity index (χ0n) is 13.8. The van der Waals surface area contributed by atoms with Crippen molar-refractivity contribution in [2.75, 3.05) is 0 Å². The Morgan fingerprint density at radius 1 is 1.08 bits per heavy atom. The number of rotatable bonds is 1. The Labute approximate surface area is 140 Å². The Bertz CT molecular complexity index is 993. The van der Waals surface area contributed by atoms with Crippen molar-refractivity contribution in [2.45, 2.75) is 19.8 Å². The van der Waals surface area contributed by atoms with E-state index in [1.54, 1.807) is 12.1 Å². The van der Waals surface area contributed by atoms with Crippen LogP contribution in [0.4, 0.5) is 4.39 Å². The van der Waals surface area contributed by atoms with Crippen LogP contribution in [0.1, 0.15) is 33.6 Å². The van der Waals surface area contributed by atoms with Crippen molar-refractivity contribution < 1.29 is 9.18 Å². The van der Waals surface area contributed by atoms with Crippen LogP contribution in [0, 0.1) is 12.7 Å². The van der Waals surface area contributed by atoms with Gasteiger partial charge in [0, 0.05) is 23.5 Å². The Hall–Kier alpha value is -2.68. The molecule has 0 unspecified atom stereocenters. The lowest BCUT2D eigenvalue weighted by Crippen LogP contribution is -2.16. The first-order chi connectivity index (χ1) is 11.5. The molecule has 3 heteroatoms. The molecule has 24 heavy (non-hydrogen) atoms. The Balaban J connectivity index is 1.83. The molecule has 120 valence electrons. The number of aryl methyl sites for hydroxylation is 3. The van der Waals surface area contributed by atoms with Crippen molar-refractivity contribution in [3.05, 3.63) is 76.2 Å². The highest BCUT2D eigenvalue weighted by Gasteiger charge is 2.27. The molecule has 0 bridgehead atoms. The van der Waals surface area contributed by atoms with E-state index in [1.165, 1.54) is 23.1 Å². The number of Topliss-reactive ketones (excluding diaryl/α,β-unsaturated/α-hetero) is 1. The third-order valence-corrected chi connectivity index (χ3v) is 4.82. The molecule has 0 aliphatic heterocycles. The van der Waals surface area contributed by atoms with Crippen LogP contribution in [-0.4, -0.2) is 10.4 Å². The van der Waals surface area contributed by atoms with E-state index in [0.717, 1.165) is 40.8 Å². The van der Waals surface area contributed by atoms with Crippen LogP contribution in [0.2, 0.25) is 0 Å². The first kappa shape index (κ1) is 14.9. The molecule has 0 amide bonds. The molecule has 1 aromatic heterocycles. The zero-order chi connectivity index (χ0) is 16.8. The molecule has 1 heterocycles. The van der Waals surface area contributed by atoms with Crippen LogP contribution in [0.5, 0.6) is 0 Å². The summed E-state index contributed by atoms with van der Waals surface area (Å²) in [5.74, 6) is -0.185. The Kier molecular flexibility index (Phi) is 3.38. The van der Waals surface area contributed by atoms with Crippen molar-refractivity contribution in [1.82, 2.24) is 4.57 Å². The summed E-state index contributed by atoms with van der Waals surface area (Å²) in [6.45, 7) is 2.07. The van der Waals surface area contributed by atoms with Crippen molar-refractivity contribution in [1.29, 1.82) is 0 Å². The molecule has 0 saturated carbocycles. The van der Waals surface area contributed by atoms with Gasteiger partial charge in [-0.25, -0.2) is 4.39 Å². The summed E-state index contributed by atoms with van der Waals surface area (Å²) in [7, 11) is 1.95. The van der Waals surface area contributed by atoms with Gasteiger partial charge >= 0.3 is 0 Å². The second kappa shape index (κ2) is 5.45. The molecule has 0 spiro atoms. The first-order valence-electron chi connectivity index (χ1n) is 8.13. The van der Waals surface area contributed by atoms with Gasteiger partial charge in [0.2, 0.25) is 5.78 Å². The van der Waals surface area contributed by atoms with Crippen LogP contribution >= 0.6 is 0 Å². The second-order valence-corrected chi connectivity index (χ2v) is 6.46. The summed E-state index contributed by atoms with van der Waals surface area (Å²) in [5, 5.41) is 1.18. The Morgan fingerprint density at radius 2 is 1.83 bits per heavy atom. The summed E-state index contributed by atoms with van der Waals surface area (Å²) >= 11 is 0. The molecule has 0 radical (unpaired) electrons. The summed E-state index contributed by atoms with van der Waals surface area (Å²) in [6.07, 6.45) is 3.46. The van der Waals surface area contributed by atoms with Crippen LogP contribution in [0.15, 0.2) is 48.0 Å². The monoisotopic (exact) mass is 319 g/mol. The minimum atomic E-state index is -0.265. The normalized spacial score (nSPS) is 16.0. The van der Waals surface area contributed by atoms with Crippen LogP contribution in [-0.2, 0) is 13.5 Å². The van der Waals surface area contributed by atoms with Gasteiger partial charge in [0.05, 0.1) is 5.69 Å². The molecule has 1 aliphatic rings.